The average molecular weight is 315 g/mol. The lowest BCUT2D eigenvalue weighted by Crippen LogP contribution is -2.42. The summed E-state index contributed by atoms with van der Waals surface area (Å²) >= 11 is 0. The molecule has 2 amide bonds. The topological polar surface area (TPSA) is 46.6 Å². The highest BCUT2D eigenvalue weighted by molar-refractivity contribution is 5.94. The van der Waals surface area contributed by atoms with Crippen molar-refractivity contribution in [3.63, 3.8) is 0 Å². The molecule has 0 unspecified atom stereocenters. The number of hydrogen-bond acceptors (Lipinski definition) is 3. The van der Waals surface area contributed by atoms with Crippen molar-refractivity contribution in [1.82, 2.24) is 4.90 Å². The number of carbonyl (C=O) groups is 2. The quantitative estimate of drug-likeness (QED) is 0.816. The molecule has 23 heavy (non-hydrogen) atoms. The lowest BCUT2D eigenvalue weighted by atomic mass is 9.89. The Labute approximate surface area is 137 Å². The maximum Gasteiger partial charge on any atom is 0.417 e. The van der Waals surface area contributed by atoms with E-state index in [1.54, 1.807) is 0 Å². The Balaban J connectivity index is 1.72. The summed E-state index contributed by atoms with van der Waals surface area (Å²) in [6.45, 7) is 2.13. The summed E-state index contributed by atoms with van der Waals surface area (Å²) in [6, 6.07) is 10.1. The molecule has 1 aromatic rings. The molecule has 1 heterocycles. The molecule has 0 bridgehead atoms. The van der Waals surface area contributed by atoms with Crippen molar-refractivity contribution in [2.75, 3.05) is 0 Å². The van der Waals surface area contributed by atoms with E-state index in [0.717, 1.165) is 38.5 Å². The molecule has 3 atom stereocenters. The predicted octanol–water partition coefficient (Wildman–Crippen LogP) is 4.25. The molecule has 1 saturated heterocycles. The lowest BCUT2D eigenvalue weighted by Gasteiger charge is -2.28. The lowest BCUT2D eigenvalue weighted by molar-refractivity contribution is -0.130. The van der Waals surface area contributed by atoms with Gasteiger partial charge in [-0.05, 0) is 37.2 Å². The van der Waals surface area contributed by atoms with Crippen molar-refractivity contribution in [3.8, 4) is 0 Å². The summed E-state index contributed by atoms with van der Waals surface area (Å²) in [5.41, 5.74) is 1.18. The fourth-order valence-electron chi connectivity index (χ4n) is 3.89. The number of imide groups is 1. The molecule has 1 aliphatic carbocycles. The Hall–Kier alpha value is -1.84. The van der Waals surface area contributed by atoms with Gasteiger partial charge in [0.1, 0.15) is 6.10 Å². The molecule has 0 spiro atoms. The first kappa shape index (κ1) is 16.0. The maximum atomic E-state index is 12.8. The van der Waals surface area contributed by atoms with Crippen molar-refractivity contribution in [2.45, 2.75) is 69.9 Å². The van der Waals surface area contributed by atoms with E-state index in [1.807, 2.05) is 18.2 Å². The van der Waals surface area contributed by atoms with Crippen molar-refractivity contribution < 1.29 is 14.3 Å². The summed E-state index contributed by atoms with van der Waals surface area (Å²) < 4.78 is 5.41. The van der Waals surface area contributed by atoms with Crippen LogP contribution in [0.2, 0.25) is 0 Å². The van der Waals surface area contributed by atoms with E-state index < -0.39 is 6.09 Å². The SMILES string of the molecule is CCC[C@@H](CC(=O)N1C(=O)O[C@@H]2CCCC[C@H]21)c1ccccc1. The molecule has 0 radical (unpaired) electrons. The number of hydrogen-bond donors (Lipinski definition) is 0. The Morgan fingerprint density at radius 2 is 2.00 bits per heavy atom. The molecular formula is C19H25NO3. The molecule has 124 valence electrons. The van der Waals surface area contributed by atoms with E-state index in [0.29, 0.717) is 6.42 Å². The average Bonchev–Trinajstić information content (AvgIpc) is 2.91. The van der Waals surface area contributed by atoms with E-state index in [4.69, 9.17) is 4.74 Å². The third-order valence-corrected chi connectivity index (χ3v) is 5.05. The number of amides is 2. The molecule has 3 rings (SSSR count). The van der Waals surface area contributed by atoms with Gasteiger partial charge < -0.3 is 4.74 Å². The monoisotopic (exact) mass is 315 g/mol. The molecular weight excluding hydrogens is 290 g/mol. The fraction of sp³-hybridized carbons (Fsp3) is 0.579. The van der Waals surface area contributed by atoms with Gasteiger partial charge in [-0.3, -0.25) is 4.79 Å². The van der Waals surface area contributed by atoms with Gasteiger partial charge in [-0.25, -0.2) is 9.69 Å². The number of carbonyl (C=O) groups excluding carboxylic acids is 2. The van der Waals surface area contributed by atoms with Gasteiger partial charge in [0.2, 0.25) is 5.91 Å². The molecule has 0 N–H and O–H groups in total. The summed E-state index contributed by atoms with van der Waals surface area (Å²) in [4.78, 5) is 26.3. The number of nitrogens with zero attached hydrogens (tertiary/aromatic N) is 1. The number of benzene rings is 1. The minimum absolute atomic E-state index is 0.0400. The fourth-order valence-corrected chi connectivity index (χ4v) is 3.89. The molecule has 4 heteroatoms. The zero-order valence-electron chi connectivity index (χ0n) is 13.7. The van der Waals surface area contributed by atoms with Crippen molar-refractivity contribution in [3.05, 3.63) is 35.9 Å². The van der Waals surface area contributed by atoms with Crippen LogP contribution in [0.4, 0.5) is 4.79 Å². The standard InChI is InChI=1S/C19H25NO3/c1-2-8-15(14-9-4-3-5-10-14)13-18(21)20-16-11-6-7-12-17(16)23-19(20)22/h3-5,9-10,15-17H,2,6-8,11-13H2,1H3/t15-,16+,17+/m0/s1. The van der Waals surface area contributed by atoms with Crippen molar-refractivity contribution in [1.29, 1.82) is 0 Å². The summed E-state index contributed by atoms with van der Waals surface area (Å²) in [7, 11) is 0. The van der Waals surface area contributed by atoms with Crippen LogP contribution >= 0.6 is 0 Å². The largest absolute Gasteiger partial charge is 0.444 e. The predicted molar refractivity (Wildman–Crippen MR) is 88.1 cm³/mol. The Bertz CT molecular complexity index is 557. The number of ether oxygens (including phenoxy) is 1. The van der Waals surface area contributed by atoms with Gasteiger partial charge in [-0.1, -0.05) is 50.1 Å². The van der Waals surface area contributed by atoms with E-state index in [1.165, 1.54) is 10.5 Å². The van der Waals surface area contributed by atoms with Gasteiger partial charge in [-0.15, -0.1) is 0 Å². The van der Waals surface area contributed by atoms with Crippen LogP contribution in [0.25, 0.3) is 0 Å². The first-order chi connectivity index (χ1) is 11.2. The van der Waals surface area contributed by atoms with E-state index in [2.05, 4.69) is 19.1 Å². The first-order valence-electron chi connectivity index (χ1n) is 8.78. The van der Waals surface area contributed by atoms with Gasteiger partial charge in [-0.2, -0.15) is 0 Å². The number of fused-ring (bicyclic) bond motifs is 1. The van der Waals surface area contributed by atoms with Crippen LogP contribution in [0.5, 0.6) is 0 Å². The Kier molecular flexibility index (Phi) is 4.99. The van der Waals surface area contributed by atoms with Crippen LogP contribution in [0, 0.1) is 0 Å². The minimum Gasteiger partial charge on any atom is -0.444 e. The van der Waals surface area contributed by atoms with E-state index in [-0.39, 0.29) is 24.0 Å². The molecule has 1 aliphatic heterocycles. The van der Waals surface area contributed by atoms with Crippen LogP contribution in [0.1, 0.15) is 63.4 Å². The highest BCUT2D eigenvalue weighted by Crippen LogP contribution is 2.34. The maximum absolute atomic E-state index is 12.8. The van der Waals surface area contributed by atoms with Crippen LogP contribution in [0.15, 0.2) is 30.3 Å². The van der Waals surface area contributed by atoms with E-state index in [9.17, 15) is 9.59 Å². The van der Waals surface area contributed by atoms with Crippen LogP contribution in [-0.4, -0.2) is 29.0 Å². The molecule has 4 nitrogen and oxygen atoms in total. The molecule has 1 aromatic carbocycles. The van der Waals surface area contributed by atoms with Crippen molar-refractivity contribution >= 4 is 12.0 Å². The third kappa shape index (κ3) is 3.41. The smallest absolute Gasteiger partial charge is 0.417 e. The zero-order chi connectivity index (χ0) is 16.2. The summed E-state index contributed by atoms with van der Waals surface area (Å²) in [6.07, 6.45) is 5.75. The van der Waals surface area contributed by atoms with Crippen LogP contribution in [0.3, 0.4) is 0 Å². The first-order valence-corrected chi connectivity index (χ1v) is 8.78. The highest BCUT2D eigenvalue weighted by Gasteiger charge is 2.46. The summed E-state index contributed by atoms with van der Waals surface area (Å²) in [5, 5.41) is 0. The summed E-state index contributed by atoms with van der Waals surface area (Å²) in [5.74, 6) is 0.0934. The second kappa shape index (κ2) is 7.16. The highest BCUT2D eigenvalue weighted by atomic mass is 16.6. The van der Waals surface area contributed by atoms with Gasteiger partial charge in [0.05, 0.1) is 6.04 Å². The zero-order valence-corrected chi connectivity index (χ0v) is 13.7. The molecule has 0 aromatic heterocycles. The van der Waals surface area contributed by atoms with Crippen LogP contribution < -0.4 is 0 Å². The Morgan fingerprint density at radius 3 is 2.74 bits per heavy atom. The molecule has 1 saturated carbocycles. The molecule has 2 aliphatic rings. The second-order valence-electron chi connectivity index (χ2n) is 6.64. The minimum atomic E-state index is -0.435. The van der Waals surface area contributed by atoms with Gasteiger partial charge in [0.25, 0.3) is 0 Å². The van der Waals surface area contributed by atoms with Crippen LogP contribution in [-0.2, 0) is 9.53 Å². The number of rotatable bonds is 5. The van der Waals surface area contributed by atoms with Crippen molar-refractivity contribution in [2.24, 2.45) is 0 Å². The van der Waals surface area contributed by atoms with Gasteiger partial charge in [0.15, 0.2) is 0 Å². The molecule has 2 fully saturated rings. The second-order valence-corrected chi connectivity index (χ2v) is 6.64. The normalized spacial score (nSPS) is 24.9. The Morgan fingerprint density at radius 1 is 1.26 bits per heavy atom. The van der Waals surface area contributed by atoms with E-state index >= 15 is 0 Å². The van der Waals surface area contributed by atoms with Gasteiger partial charge >= 0.3 is 6.09 Å². The third-order valence-electron chi connectivity index (χ3n) is 5.05. The van der Waals surface area contributed by atoms with Gasteiger partial charge in [0, 0.05) is 6.42 Å².